The molecular weight excluding hydrogens is 174 g/mol. The lowest BCUT2D eigenvalue weighted by Crippen LogP contribution is -2.37. The highest BCUT2D eigenvalue weighted by molar-refractivity contribution is 5.41. The van der Waals surface area contributed by atoms with E-state index in [2.05, 4.69) is 18.2 Å². The fourth-order valence-electron chi connectivity index (χ4n) is 2.38. The number of hydrogen-bond donors (Lipinski definition) is 1. The SMILES string of the molecule is NC1CCC1c1ccc2c(c1)CCO2. The maximum absolute atomic E-state index is 5.97. The van der Waals surface area contributed by atoms with Crippen LogP contribution in [-0.2, 0) is 6.42 Å². The Morgan fingerprint density at radius 1 is 1.29 bits per heavy atom. The van der Waals surface area contributed by atoms with E-state index >= 15 is 0 Å². The van der Waals surface area contributed by atoms with Gasteiger partial charge in [0.25, 0.3) is 0 Å². The van der Waals surface area contributed by atoms with Crippen LogP contribution in [0.4, 0.5) is 0 Å². The lowest BCUT2D eigenvalue weighted by atomic mass is 9.75. The van der Waals surface area contributed by atoms with Crippen molar-refractivity contribution in [3.05, 3.63) is 29.3 Å². The normalized spacial score (nSPS) is 29.2. The van der Waals surface area contributed by atoms with E-state index in [1.807, 2.05) is 0 Å². The molecule has 0 spiro atoms. The molecule has 1 aromatic rings. The zero-order chi connectivity index (χ0) is 9.54. The van der Waals surface area contributed by atoms with Crippen LogP contribution in [0.3, 0.4) is 0 Å². The van der Waals surface area contributed by atoms with E-state index in [1.54, 1.807) is 0 Å². The molecule has 2 unspecified atom stereocenters. The van der Waals surface area contributed by atoms with Crippen LogP contribution < -0.4 is 10.5 Å². The van der Waals surface area contributed by atoms with Gasteiger partial charge in [0.05, 0.1) is 6.61 Å². The molecule has 1 fully saturated rings. The van der Waals surface area contributed by atoms with Gasteiger partial charge in [0, 0.05) is 12.5 Å². The smallest absolute Gasteiger partial charge is 0.122 e. The Morgan fingerprint density at radius 2 is 2.21 bits per heavy atom. The first-order valence-electron chi connectivity index (χ1n) is 5.36. The molecule has 1 heterocycles. The fraction of sp³-hybridized carbons (Fsp3) is 0.500. The predicted molar refractivity (Wildman–Crippen MR) is 55.6 cm³/mol. The molecule has 2 N–H and O–H groups in total. The third kappa shape index (κ3) is 1.14. The maximum Gasteiger partial charge on any atom is 0.122 e. The molecule has 0 amide bonds. The fourth-order valence-corrected chi connectivity index (χ4v) is 2.38. The van der Waals surface area contributed by atoms with Gasteiger partial charge in [0.1, 0.15) is 5.75 Å². The van der Waals surface area contributed by atoms with Crippen molar-refractivity contribution >= 4 is 0 Å². The largest absolute Gasteiger partial charge is 0.493 e. The Kier molecular flexibility index (Phi) is 1.77. The van der Waals surface area contributed by atoms with Gasteiger partial charge in [-0.3, -0.25) is 0 Å². The average molecular weight is 189 g/mol. The lowest BCUT2D eigenvalue weighted by Gasteiger charge is -2.34. The number of rotatable bonds is 1. The Bertz CT molecular complexity index is 361. The molecule has 1 saturated carbocycles. The molecule has 0 saturated heterocycles. The first kappa shape index (κ1) is 8.30. The number of benzene rings is 1. The van der Waals surface area contributed by atoms with Crippen molar-refractivity contribution in [3.8, 4) is 5.75 Å². The summed E-state index contributed by atoms with van der Waals surface area (Å²) in [4.78, 5) is 0. The van der Waals surface area contributed by atoms with E-state index in [1.165, 1.54) is 24.0 Å². The minimum absolute atomic E-state index is 0.385. The van der Waals surface area contributed by atoms with Crippen molar-refractivity contribution in [2.45, 2.75) is 31.2 Å². The van der Waals surface area contributed by atoms with E-state index in [4.69, 9.17) is 10.5 Å². The minimum atomic E-state index is 0.385. The van der Waals surface area contributed by atoms with Gasteiger partial charge in [0.2, 0.25) is 0 Å². The van der Waals surface area contributed by atoms with Crippen LogP contribution in [0.25, 0.3) is 0 Å². The third-order valence-electron chi connectivity index (χ3n) is 3.47. The van der Waals surface area contributed by atoms with E-state index < -0.39 is 0 Å². The highest BCUT2D eigenvalue weighted by Gasteiger charge is 2.29. The summed E-state index contributed by atoms with van der Waals surface area (Å²) in [5.74, 6) is 1.67. The van der Waals surface area contributed by atoms with Crippen LogP contribution >= 0.6 is 0 Å². The van der Waals surface area contributed by atoms with E-state index in [9.17, 15) is 0 Å². The second-order valence-corrected chi connectivity index (χ2v) is 4.31. The van der Waals surface area contributed by atoms with Gasteiger partial charge in [-0.25, -0.2) is 0 Å². The van der Waals surface area contributed by atoms with E-state index in [0.717, 1.165) is 18.8 Å². The Hall–Kier alpha value is -1.02. The Labute approximate surface area is 84.1 Å². The van der Waals surface area contributed by atoms with Crippen LogP contribution in [-0.4, -0.2) is 12.6 Å². The van der Waals surface area contributed by atoms with Crippen LogP contribution in [0.2, 0.25) is 0 Å². The molecule has 0 aromatic heterocycles. The van der Waals surface area contributed by atoms with Crippen molar-refractivity contribution in [3.63, 3.8) is 0 Å². The topological polar surface area (TPSA) is 35.2 Å². The van der Waals surface area contributed by atoms with Gasteiger partial charge >= 0.3 is 0 Å². The van der Waals surface area contributed by atoms with Crippen LogP contribution in [0, 0.1) is 0 Å². The summed E-state index contributed by atoms with van der Waals surface area (Å²) in [5, 5.41) is 0. The van der Waals surface area contributed by atoms with Crippen molar-refractivity contribution in [2.24, 2.45) is 5.73 Å². The van der Waals surface area contributed by atoms with Gasteiger partial charge in [0.15, 0.2) is 0 Å². The molecule has 74 valence electrons. The van der Waals surface area contributed by atoms with Crippen LogP contribution in [0.5, 0.6) is 5.75 Å². The molecule has 2 nitrogen and oxygen atoms in total. The Balaban J connectivity index is 1.92. The molecule has 2 heteroatoms. The van der Waals surface area contributed by atoms with Gasteiger partial charge < -0.3 is 10.5 Å². The number of fused-ring (bicyclic) bond motifs is 1. The summed E-state index contributed by atoms with van der Waals surface area (Å²) < 4.78 is 5.48. The molecule has 1 aliphatic carbocycles. The molecule has 0 bridgehead atoms. The highest BCUT2D eigenvalue weighted by atomic mass is 16.5. The molecule has 3 rings (SSSR count). The lowest BCUT2D eigenvalue weighted by molar-refractivity contribution is 0.345. The summed E-state index contributed by atoms with van der Waals surface area (Å²) >= 11 is 0. The van der Waals surface area contributed by atoms with Crippen molar-refractivity contribution in [2.75, 3.05) is 6.61 Å². The molecule has 1 aliphatic heterocycles. The van der Waals surface area contributed by atoms with Crippen LogP contribution in [0.1, 0.15) is 29.9 Å². The first-order valence-corrected chi connectivity index (χ1v) is 5.36. The third-order valence-corrected chi connectivity index (χ3v) is 3.47. The van der Waals surface area contributed by atoms with Gasteiger partial charge in [-0.05, 0) is 36.0 Å². The van der Waals surface area contributed by atoms with Crippen molar-refractivity contribution < 1.29 is 4.74 Å². The molecule has 1 aromatic carbocycles. The van der Waals surface area contributed by atoms with Gasteiger partial charge in [-0.15, -0.1) is 0 Å². The first-order chi connectivity index (χ1) is 6.84. The summed E-state index contributed by atoms with van der Waals surface area (Å²) in [6.07, 6.45) is 3.49. The average Bonchev–Trinajstić information content (AvgIpc) is 2.62. The predicted octanol–water partition coefficient (Wildman–Crippen LogP) is 1.83. The van der Waals surface area contributed by atoms with Gasteiger partial charge in [-0.1, -0.05) is 12.1 Å². The molecule has 2 aliphatic rings. The molecular formula is C12H15NO. The van der Waals surface area contributed by atoms with Crippen molar-refractivity contribution in [1.29, 1.82) is 0 Å². The minimum Gasteiger partial charge on any atom is -0.493 e. The maximum atomic E-state index is 5.97. The summed E-state index contributed by atoms with van der Waals surface area (Å²) in [5.41, 5.74) is 8.74. The molecule has 0 radical (unpaired) electrons. The van der Waals surface area contributed by atoms with E-state index in [-0.39, 0.29) is 0 Å². The second kappa shape index (κ2) is 2.99. The summed E-state index contributed by atoms with van der Waals surface area (Å²) in [6.45, 7) is 0.843. The zero-order valence-corrected chi connectivity index (χ0v) is 8.20. The summed E-state index contributed by atoms with van der Waals surface area (Å²) in [6, 6.07) is 6.94. The molecule has 2 atom stereocenters. The second-order valence-electron chi connectivity index (χ2n) is 4.31. The summed E-state index contributed by atoms with van der Waals surface area (Å²) in [7, 11) is 0. The monoisotopic (exact) mass is 189 g/mol. The highest BCUT2D eigenvalue weighted by Crippen LogP contribution is 2.38. The quantitative estimate of drug-likeness (QED) is 0.731. The number of nitrogens with two attached hydrogens (primary N) is 1. The van der Waals surface area contributed by atoms with Gasteiger partial charge in [-0.2, -0.15) is 0 Å². The zero-order valence-electron chi connectivity index (χ0n) is 8.20. The van der Waals surface area contributed by atoms with E-state index in [0.29, 0.717) is 12.0 Å². The number of ether oxygens (including phenoxy) is 1. The Morgan fingerprint density at radius 3 is 2.93 bits per heavy atom. The standard InChI is InChI=1S/C12H15NO/c13-11-3-2-10(11)8-1-4-12-9(7-8)5-6-14-12/h1,4,7,10-11H,2-3,5-6,13H2. The number of hydrogen-bond acceptors (Lipinski definition) is 2. The van der Waals surface area contributed by atoms with Crippen LogP contribution in [0.15, 0.2) is 18.2 Å². The molecule has 14 heavy (non-hydrogen) atoms. The van der Waals surface area contributed by atoms with Crippen molar-refractivity contribution in [1.82, 2.24) is 0 Å².